The van der Waals surface area contributed by atoms with Crippen LogP contribution in [0.25, 0.3) is 16.5 Å². The Morgan fingerprint density at radius 2 is 1.70 bits per heavy atom. The first-order valence-electron chi connectivity index (χ1n) is 18.9. The van der Waals surface area contributed by atoms with E-state index in [-0.39, 0.29) is 24.2 Å². The molecule has 0 spiro atoms. The molecule has 6 aromatic rings. The van der Waals surface area contributed by atoms with E-state index in [1.54, 1.807) is 10.9 Å². The van der Waals surface area contributed by atoms with Crippen molar-refractivity contribution in [1.29, 1.82) is 0 Å². The maximum atomic E-state index is 13.4. The highest BCUT2D eigenvalue weighted by Gasteiger charge is 2.16. The van der Waals surface area contributed by atoms with Crippen LogP contribution in [0, 0.1) is 6.92 Å². The van der Waals surface area contributed by atoms with Gasteiger partial charge >= 0.3 is 6.03 Å². The number of benzene rings is 3. The minimum absolute atomic E-state index is 0.240. The predicted octanol–water partition coefficient (Wildman–Crippen LogP) is 6.89. The Morgan fingerprint density at radius 1 is 0.875 bits per heavy atom. The van der Waals surface area contributed by atoms with Crippen LogP contribution in [-0.4, -0.2) is 81.0 Å². The summed E-state index contributed by atoms with van der Waals surface area (Å²) in [4.78, 5) is 41.3. The van der Waals surface area contributed by atoms with Crippen LogP contribution in [-0.2, 0) is 17.8 Å². The summed E-state index contributed by atoms with van der Waals surface area (Å²) in [6.45, 7) is 8.91. The van der Waals surface area contributed by atoms with Crippen molar-refractivity contribution < 1.29 is 19.1 Å². The first-order valence-corrected chi connectivity index (χ1v) is 18.9. The van der Waals surface area contributed by atoms with Crippen LogP contribution in [0.4, 0.5) is 27.9 Å². The Balaban J connectivity index is 0.964. The zero-order valence-corrected chi connectivity index (χ0v) is 31.6. The first-order chi connectivity index (χ1) is 27.4. The van der Waals surface area contributed by atoms with Gasteiger partial charge in [-0.2, -0.15) is 5.10 Å². The van der Waals surface area contributed by atoms with Crippen molar-refractivity contribution in [3.05, 3.63) is 120 Å². The van der Waals surface area contributed by atoms with Crippen molar-refractivity contribution in [1.82, 2.24) is 34.9 Å². The number of carbonyl (C=O) groups is 2. The van der Waals surface area contributed by atoms with Gasteiger partial charge in [-0.25, -0.2) is 24.4 Å². The van der Waals surface area contributed by atoms with Crippen LogP contribution in [0.2, 0.25) is 0 Å². The highest BCUT2D eigenvalue weighted by Crippen LogP contribution is 2.32. The smallest absolute Gasteiger partial charge is 0.324 e. The van der Waals surface area contributed by atoms with Gasteiger partial charge in [0.15, 0.2) is 0 Å². The summed E-state index contributed by atoms with van der Waals surface area (Å²) in [5.74, 6) is 2.00. The summed E-state index contributed by atoms with van der Waals surface area (Å²) in [6, 6.07) is 24.8. The molecule has 288 valence electrons. The third-order valence-corrected chi connectivity index (χ3v) is 9.38. The highest BCUT2D eigenvalue weighted by molar-refractivity contribution is 6.07. The van der Waals surface area contributed by atoms with E-state index in [4.69, 9.17) is 14.6 Å². The summed E-state index contributed by atoms with van der Waals surface area (Å²) >= 11 is 0. The molecule has 0 aliphatic carbocycles. The molecule has 0 saturated carbocycles. The first kappa shape index (κ1) is 37.9. The summed E-state index contributed by atoms with van der Waals surface area (Å²) in [5.41, 5.74) is 4.70. The number of carbonyl (C=O) groups excluding carboxylic acids is 2. The van der Waals surface area contributed by atoms with Gasteiger partial charge < -0.3 is 25.4 Å². The third kappa shape index (κ3) is 9.83. The van der Waals surface area contributed by atoms with Gasteiger partial charge in [-0.1, -0.05) is 55.3 Å². The number of hydrogen-bond donors (Lipinski definition) is 4. The highest BCUT2D eigenvalue weighted by atomic mass is 16.5. The van der Waals surface area contributed by atoms with E-state index < -0.39 is 0 Å². The van der Waals surface area contributed by atoms with E-state index in [0.29, 0.717) is 35.4 Å². The fourth-order valence-electron chi connectivity index (χ4n) is 6.34. The second-order valence-corrected chi connectivity index (χ2v) is 13.6. The number of aryl methyl sites for hydroxylation is 2. The molecule has 7 rings (SSSR count). The van der Waals surface area contributed by atoms with Crippen LogP contribution in [0.15, 0.2) is 97.5 Å². The maximum Gasteiger partial charge on any atom is 0.324 e. The Labute approximate surface area is 325 Å². The molecule has 0 atom stereocenters. The lowest BCUT2D eigenvalue weighted by Gasteiger charge is -2.26. The summed E-state index contributed by atoms with van der Waals surface area (Å²) in [6.07, 6.45) is 7.53. The Hall–Kier alpha value is -6.38. The lowest BCUT2D eigenvalue weighted by Crippen LogP contribution is -2.41. The number of rotatable bonds is 15. The number of urea groups is 1. The molecule has 1 aliphatic rings. The second kappa shape index (κ2) is 18.3. The number of nitrogens with one attached hydrogen (secondary N) is 4. The fourth-order valence-corrected chi connectivity index (χ4v) is 6.34. The number of hydrogen-bond acceptors (Lipinski definition) is 10. The van der Waals surface area contributed by atoms with Crippen molar-refractivity contribution in [3.8, 4) is 11.4 Å². The molecule has 0 unspecified atom stereocenters. The third-order valence-electron chi connectivity index (χ3n) is 9.38. The van der Waals surface area contributed by atoms with Gasteiger partial charge in [0.05, 0.1) is 42.7 Å². The van der Waals surface area contributed by atoms with Gasteiger partial charge in [-0.15, -0.1) is 0 Å². The maximum absolute atomic E-state index is 13.4. The number of fused-ring (bicyclic) bond motifs is 1. The van der Waals surface area contributed by atoms with E-state index in [0.717, 1.165) is 85.4 Å². The van der Waals surface area contributed by atoms with E-state index in [2.05, 4.69) is 48.0 Å². The normalized spacial score (nSPS) is 13.0. The standard InChI is InChI=1S/C42H46N10O4/c1-3-4-7-31-25-40(52(50-31)32-12-10-29(2)11-13-32)49-42(54)47-35-14-15-37(34-9-6-5-8-33(34)35)56-28-30-16-17-43-38(24-30)48-39-27-45-36(26-46-39)41(53)44-18-19-51-20-22-55-23-21-51/h5-6,8-17,24-27H,3-4,7,18-23,28H2,1-2H3,(H,44,53)(H,43,46,48)(H2,47,49,54). The van der Waals surface area contributed by atoms with Crippen molar-refractivity contribution >= 4 is 45.9 Å². The number of unbranched alkanes of at least 4 members (excludes halogenated alkanes) is 1. The van der Waals surface area contributed by atoms with Crippen molar-refractivity contribution in [2.45, 2.75) is 39.7 Å². The van der Waals surface area contributed by atoms with Gasteiger partial charge in [-0.3, -0.25) is 15.0 Å². The Bertz CT molecular complexity index is 2250. The largest absolute Gasteiger partial charge is 0.488 e. The molecule has 1 fully saturated rings. The van der Waals surface area contributed by atoms with Gasteiger partial charge in [0.25, 0.3) is 5.91 Å². The molecule has 1 aliphatic heterocycles. The molecule has 4 N–H and O–H groups in total. The van der Waals surface area contributed by atoms with Gasteiger partial charge in [-0.05, 0) is 61.7 Å². The summed E-state index contributed by atoms with van der Waals surface area (Å²) in [7, 11) is 0. The quantitative estimate of drug-likeness (QED) is 0.0870. The van der Waals surface area contributed by atoms with E-state index >= 15 is 0 Å². The zero-order valence-electron chi connectivity index (χ0n) is 31.6. The van der Waals surface area contributed by atoms with Gasteiger partial charge in [0, 0.05) is 49.2 Å². The number of aromatic nitrogens is 5. The molecule has 56 heavy (non-hydrogen) atoms. The van der Waals surface area contributed by atoms with Gasteiger partial charge in [0.2, 0.25) is 0 Å². The van der Waals surface area contributed by atoms with Crippen LogP contribution in [0.1, 0.15) is 47.1 Å². The molecular formula is C42H46N10O4. The molecule has 3 aromatic carbocycles. The monoisotopic (exact) mass is 754 g/mol. The fraction of sp³-hybridized carbons (Fsp3) is 0.286. The molecule has 0 radical (unpaired) electrons. The topological polar surface area (TPSA) is 160 Å². The minimum atomic E-state index is -0.377. The van der Waals surface area contributed by atoms with Crippen LogP contribution in [0.5, 0.6) is 5.75 Å². The zero-order chi connectivity index (χ0) is 38.7. The molecule has 14 nitrogen and oxygen atoms in total. The van der Waals surface area contributed by atoms with Crippen molar-refractivity contribution in [2.24, 2.45) is 0 Å². The van der Waals surface area contributed by atoms with Gasteiger partial charge in [0.1, 0.15) is 35.5 Å². The second-order valence-electron chi connectivity index (χ2n) is 13.6. The minimum Gasteiger partial charge on any atom is -0.488 e. The van der Waals surface area contributed by atoms with E-state index in [1.165, 1.54) is 12.4 Å². The SMILES string of the molecule is CCCCc1cc(NC(=O)Nc2ccc(OCc3ccnc(Nc4cnc(C(=O)NCCN5CCOCC5)cn4)c3)c3ccccc23)n(-c2ccc(C)cc2)n1. The summed E-state index contributed by atoms with van der Waals surface area (Å²) in [5, 5.41) is 18.6. The molecule has 3 aromatic heterocycles. The van der Waals surface area contributed by atoms with Crippen molar-refractivity contribution in [3.63, 3.8) is 0 Å². The molecule has 4 heterocycles. The number of nitrogens with zero attached hydrogens (tertiary/aromatic N) is 6. The number of morpholine rings is 1. The summed E-state index contributed by atoms with van der Waals surface area (Å²) < 4.78 is 13.5. The van der Waals surface area contributed by atoms with E-state index in [9.17, 15) is 9.59 Å². The molecule has 0 bridgehead atoms. The van der Waals surface area contributed by atoms with Crippen LogP contribution < -0.4 is 26.0 Å². The van der Waals surface area contributed by atoms with E-state index in [1.807, 2.05) is 85.8 Å². The predicted molar refractivity (Wildman–Crippen MR) is 217 cm³/mol. The lowest BCUT2D eigenvalue weighted by molar-refractivity contribution is 0.0383. The molecular weight excluding hydrogens is 709 g/mol. The van der Waals surface area contributed by atoms with Crippen molar-refractivity contribution in [2.75, 3.05) is 55.3 Å². The average Bonchev–Trinajstić information content (AvgIpc) is 3.62. The Morgan fingerprint density at radius 3 is 2.48 bits per heavy atom. The Kier molecular flexibility index (Phi) is 12.4. The van der Waals surface area contributed by atoms with Crippen LogP contribution in [0.3, 0.4) is 0 Å². The molecule has 3 amide bonds. The molecule has 14 heteroatoms. The number of anilines is 4. The average molecular weight is 755 g/mol. The lowest BCUT2D eigenvalue weighted by atomic mass is 10.1. The number of amides is 3. The molecule has 1 saturated heterocycles. The van der Waals surface area contributed by atoms with Crippen LogP contribution >= 0.6 is 0 Å². The number of ether oxygens (including phenoxy) is 2. The number of pyridine rings is 1.